The number of aromatic nitrogens is 6. The molecule has 4 heterocycles. The summed E-state index contributed by atoms with van der Waals surface area (Å²) in [6, 6.07) is 9.69. The molecule has 0 aliphatic carbocycles. The molecule has 3 N–H and O–H groups in total. The highest BCUT2D eigenvalue weighted by Crippen LogP contribution is 2.29. The fourth-order valence-electron chi connectivity index (χ4n) is 4.40. The van der Waals surface area contributed by atoms with Crippen LogP contribution in [0.2, 0.25) is 0 Å². The molecule has 1 amide bonds. The average molecular weight is 470 g/mol. The van der Waals surface area contributed by atoms with Gasteiger partial charge in [-0.3, -0.25) is 14.7 Å². The van der Waals surface area contributed by atoms with Gasteiger partial charge in [-0.1, -0.05) is 6.07 Å². The first-order valence-electron chi connectivity index (χ1n) is 11.5. The molecule has 1 aromatic carbocycles. The minimum Gasteiger partial charge on any atom is -0.348 e. The molecule has 0 spiro atoms. The van der Waals surface area contributed by atoms with Gasteiger partial charge in [0.2, 0.25) is 0 Å². The normalized spacial score (nSPS) is 11.6. The Morgan fingerprint density at radius 1 is 1.11 bits per heavy atom. The predicted octanol–water partition coefficient (Wildman–Crippen LogP) is 4.10. The molecule has 0 radical (unpaired) electrons. The van der Waals surface area contributed by atoms with Gasteiger partial charge in [0.05, 0.1) is 34.1 Å². The molecular weight excluding hydrogens is 442 g/mol. The summed E-state index contributed by atoms with van der Waals surface area (Å²) in [5.74, 6) is -0.290. The number of benzene rings is 1. The number of amides is 1. The summed E-state index contributed by atoms with van der Waals surface area (Å²) in [4.78, 5) is 33.5. The second kappa shape index (κ2) is 8.50. The van der Waals surface area contributed by atoms with Crippen molar-refractivity contribution in [1.29, 1.82) is 0 Å². The van der Waals surface area contributed by atoms with Crippen molar-refractivity contribution in [3.63, 3.8) is 0 Å². The highest BCUT2D eigenvalue weighted by atomic mass is 16.1. The zero-order chi connectivity index (χ0) is 24.9. The van der Waals surface area contributed by atoms with Crippen LogP contribution < -0.4 is 10.9 Å². The van der Waals surface area contributed by atoms with Crippen molar-refractivity contribution in [2.45, 2.75) is 47.2 Å². The van der Waals surface area contributed by atoms with Crippen LogP contribution in [0.25, 0.3) is 33.2 Å². The van der Waals surface area contributed by atoms with E-state index in [1.165, 1.54) is 0 Å². The molecule has 5 aromatic rings. The minimum atomic E-state index is -0.290. The van der Waals surface area contributed by atoms with E-state index in [4.69, 9.17) is 4.98 Å². The molecular formula is C26H27N7O2. The predicted molar refractivity (Wildman–Crippen MR) is 135 cm³/mol. The topological polar surface area (TPSA) is 121 Å². The Labute approximate surface area is 201 Å². The van der Waals surface area contributed by atoms with Gasteiger partial charge < -0.3 is 10.3 Å². The van der Waals surface area contributed by atoms with Crippen molar-refractivity contribution in [2.24, 2.45) is 0 Å². The highest BCUT2D eigenvalue weighted by molar-refractivity contribution is 6.06. The van der Waals surface area contributed by atoms with E-state index < -0.39 is 0 Å². The van der Waals surface area contributed by atoms with Crippen molar-refractivity contribution in [3.05, 3.63) is 75.0 Å². The van der Waals surface area contributed by atoms with Gasteiger partial charge >= 0.3 is 0 Å². The van der Waals surface area contributed by atoms with E-state index >= 15 is 0 Å². The van der Waals surface area contributed by atoms with Crippen molar-refractivity contribution in [3.8, 4) is 11.3 Å². The summed E-state index contributed by atoms with van der Waals surface area (Å²) in [5.41, 5.74) is 6.43. The number of fused-ring (bicyclic) bond motifs is 2. The van der Waals surface area contributed by atoms with E-state index in [0.717, 1.165) is 33.4 Å². The molecule has 0 saturated heterocycles. The number of H-pyrrole nitrogens is 2. The fourth-order valence-corrected chi connectivity index (χ4v) is 4.40. The van der Waals surface area contributed by atoms with E-state index in [9.17, 15) is 9.59 Å². The van der Waals surface area contributed by atoms with Gasteiger partial charge in [-0.25, -0.2) is 9.67 Å². The average Bonchev–Trinajstić information content (AvgIpc) is 3.41. The first-order valence-corrected chi connectivity index (χ1v) is 11.5. The van der Waals surface area contributed by atoms with Gasteiger partial charge in [0, 0.05) is 34.8 Å². The van der Waals surface area contributed by atoms with E-state index in [1.807, 2.05) is 63.6 Å². The van der Waals surface area contributed by atoms with Crippen LogP contribution in [-0.2, 0) is 6.54 Å². The fraction of sp³-hybridized carbons (Fsp3) is 0.269. The van der Waals surface area contributed by atoms with Crippen molar-refractivity contribution >= 4 is 27.8 Å². The van der Waals surface area contributed by atoms with Crippen LogP contribution in [-0.4, -0.2) is 35.9 Å². The maximum atomic E-state index is 13.4. The molecule has 5 rings (SSSR count). The lowest BCUT2D eigenvalue weighted by Crippen LogP contribution is -2.28. The molecule has 0 aliphatic rings. The summed E-state index contributed by atoms with van der Waals surface area (Å²) >= 11 is 0. The van der Waals surface area contributed by atoms with Crippen LogP contribution in [0.4, 0.5) is 0 Å². The Bertz CT molecular complexity index is 1660. The van der Waals surface area contributed by atoms with Gasteiger partial charge in [-0.15, -0.1) is 0 Å². The lowest BCUT2D eigenvalue weighted by molar-refractivity contribution is 0.0952. The standard InChI is InChI=1S/C26H27N7O2/c1-13(2)33-24-21(12-28-33)19(25(34)27-11-20-14(3)8-15(4)29-26(20)35)10-23(30-24)17-6-7-22-18(9-17)16(5)31-32-22/h6-10,12-13H,11H2,1-5H3,(H,27,34)(H,29,35)(H,31,32). The maximum Gasteiger partial charge on any atom is 0.253 e. The first kappa shape index (κ1) is 22.5. The van der Waals surface area contributed by atoms with E-state index in [0.29, 0.717) is 27.9 Å². The Hall–Kier alpha value is -4.27. The summed E-state index contributed by atoms with van der Waals surface area (Å²) in [6.07, 6.45) is 1.67. The smallest absolute Gasteiger partial charge is 0.253 e. The van der Waals surface area contributed by atoms with Gasteiger partial charge in [0.1, 0.15) is 0 Å². The van der Waals surface area contributed by atoms with Gasteiger partial charge in [0.25, 0.3) is 11.5 Å². The molecule has 0 saturated carbocycles. The molecule has 178 valence electrons. The summed E-state index contributed by atoms with van der Waals surface area (Å²) in [6.45, 7) is 9.81. The number of nitrogens with one attached hydrogen (secondary N) is 3. The maximum absolute atomic E-state index is 13.4. The molecule has 4 aromatic heterocycles. The summed E-state index contributed by atoms with van der Waals surface area (Å²) in [5, 5.41) is 16.4. The number of rotatable bonds is 5. The quantitative estimate of drug-likeness (QED) is 0.358. The first-order chi connectivity index (χ1) is 16.7. The number of aryl methyl sites for hydroxylation is 3. The van der Waals surface area contributed by atoms with Crippen molar-refractivity contribution in [2.75, 3.05) is 0 Å². The third kappa shape index (κ3) is 3.99. The number of carbonyl (C=O) groups is 1. The largest absolute Gasteiger partial charge is 0.348 e. The van der Waals surface area contributed by atoms with E-state index in [-0.39, 0.29) is 24.1 Å². The number of hydrogen-bond acceptors (Lipinski definition) is 5. The number of hydrogen-bond donors (Lipinski definition) is 3. The van der Waals surface area contributed by atoms with Gasteiger partial charge in [0.15, 0.2) is 5.65 Å². The zero-order valence-corrected chi connectivity index (χ0v) is 20.4. The van der Waals surface area contributed by atoms with Gasteiger partial charge in [-0.05, 0) is 64.4 Å². The van der Waals surface area contributed by atoms with E-state index in [1.54, 1.807) is 12.3 Å². The number of carbonyl (C=O) groups excluding carboxylic acids is 1. The third-order valence-corrected chi connectivity index (χ3v) is 6.27. The van der Waals surface area contributed by atoms with Crippen LogP contribution >= 0.6 is 0 Å². The van der Waals surface area contributed by atoms with Crippen LogP contribution in [0.5, 0.6) is 0 Å². The van der Waals surface area contributed by atoms with Crippen molar-refractivity contribution < 1.29 is 4.79 Å². The second-order valence-electron chi connectivity index (χ2n) is 9.17. The molecule has 0 aliphatic heterocycles. The molecule has 35 heavy (non-hydrogen) atoms. The van der Waals surface area contributed by atoms with Crippen LogP contribution in [0.15, 0.2) is 41.3 Å². The summed E-state index contributed by atoms with van der Waals surface area (Å²) in [7, 11) is 0. The van der Waals surface area contributed by atoms with Crippen molar-refractivity contribution in [1.82, 2.24) is 35.3 Å². The Morgan fingerprint density at radius 3 is 2.66 bits per heavy atom. The number of aromatic amines is 2. The SMILES string of the molecule is Cc1cc(C)c(CNC(=O)c2cc(-c3ccc4[nH]nc(C)c4c3)nc3c2cnn3C(C)C)c(=O)[nH]1. The van der Waals surface area contributed by atoms with Crippen LogP contribution in [0.1, 0.15) is 52.8 Å². The molecule has 0 atom stereocenters. The Kier molecular flexibility index (Phi) is 5.47. The lowest BCUT2D eigenvalue weighted by Gasteiger charge is -2.12. The van der Waals surface area contributed by atoms with Crippen LogP contribution in [0.3, 0.4) is 0 Å². The third-order valence-electron chi connectivity index (χ3n) is 6.27. The molecule has 0 fully saturated rings. The number of nitrogens with zero attached hydrogens (tertiary/aromatic N) is 4. The monoisotopic (exact) mass is 469 g/mol. The molecule has 0 bridgehead atoms. The molecule has 0 unspecified atom stereocenters. The number of pyridine rings is 2. The molecule has 9 nitrogen and oxygen atoms in total. The molecule has 9 heteroatoms. The Morgan fingerprint density at radius 2 is 1.91 bits per heavy atom. The second-order valence-corrected chi connectivity index (χ2v) is 9.17. The Balaban J connectivity index is 1.59. The highest BCUT2D eigenvalue weighted by Gasteiger charge is 2.19. The van der Waals surface area contributed by atoms with E-state index in [2.05, 4.69) is 25.6 Å². The summed E-state index contributed by atoms with van der Waals surface area (Å²) < 4.78 is 1.81. The minimum absolute atomic E-state index is 0.0681. The zero-order valence-electron chi connectivity index (χ0n) is 20.4. The lowest BCUT2D eigenvalue weighted by atomic mass is 10.0. The van der Waals surface area contributed by atoms with Crippen LogP contribution in [0, 0.1) is 20.8 Å². The van der Waals surface area contributed by atoms with Gasteiger partial charge in [-0.2, -0.15) is 10.2 Å².